The molecule has 2 rings (SSSR count). The Bertz CT molecular complexity index is 766. The lowest BCUT2D eigenvalue weighted by Crippen LogP contribution is -2.37. The molecule has 2 heterocycles. The van der Waals surface area contributed by atoms with Crippen LogP contribution in [0.15, 0.2) is 24.5 Å². The fourth-order valence-corrected chi connectivity index (χ4v) is 2.13. The average molecular weight is 348 g/mol. The van der Waals surface area contributed by atoms with Gasteiger partial charge in [0.05, 0.1) is 0 Å². The summed E-state index contributed by atoms with van der Waals surface area (Å²) in [6.07, 6.45) is 2.98. The Balaban J connectivity index is 1.78. The maximum Gasteiger partial charge on any atom is 0.328 e. The van der Waals surface area contributed by atoms with E-state index >= 15 is 0 Å². The van der Waals surface area contributed by atoms with Crippen LogP contribution in [0.2, 0.25) is 0 Å². The molecule has 0 radical (unpaired) electrons. The van der Waals surface area contributed by atoms with Crippen molar-refractivity contribution in [2.45, 2.75) is 26.4 Å². The molecule has 0 aliphatic heterocycles. The van der Waals surface area contributed by atoms with Crippen LogP contribution in [0.3, 0.4) is 0 Å². The highest BCUT2D eigenvalue weighted by Crippen LogP contribution is 2.08. The fraction of sp³-hybridized carbons (Fsp3) is 0.400. The highest BCUT2D eigenvalue weighted by molar-refractivity contribution is 5.93. The van der Waals surface area contributed by atoms with Crippen LogP contribution in [0, 0.1) is 6.92 Å². The maximum atomic E-state index is 12.1. The Morgan fingerprint density at radius 1 is 1.16 bits per heavy atom. The van der Waals surface area contributed by atoms with Gasteiger partial charge in [0.15, 0.2) is 0 Å². The molecular weight excluding hydrogens is 328 g/mol. The van der Waals surface area contributed by atoms with E-state index in [9.17, 15) is 14.4 Å². The summed E-state index contributed by atoms with van der Waals surface area (Å²) in [7, 11) is 0. The van der Waals surface area contributed by atoms with E-state index < -0.39 is 17.9 Å². The van der Waals surface area contributed by atoms with E-state index in [1.807, 2.05) is 6.92 Å². The number of hydrogen-bond acceptors (Lipinski definition) is 5. The van der Waals surface area contributed by atoms with Gasteiger partial charge in [0.1, 0.15) is 18.3 Å². The Labute approximate surface area is 143 Å². The van der Waals surface area contributed by atoms with Crippen molar-refractivity contribution in [3.63, 3.8) is 0 Å². The van der Waals surface area contributed by atoms with Crippen LogP contribution < -0.4 is 10.6 Å². The van der Waals surface area contributed by atoms with Crippen molar-refractivity contribution in [1.29, 1.82) is 0 Å². The third-order valence-electron chi connectivity index (χ3n) is 3.58. The van der Waals surface area contributed by atoms with E-state index in [2.05, 4.69) is 20.8 Å². The molecule has 0 aromatic carbocycles. The Hall–Kier alpha value is -3.17. The third-order valence-corrected chi connectivity index (χ3v) is 3.58. The zero-order valence-corrected chi connectivity index (χ0v) is 14.0. The first-order valence-electron chi connectivity index (χ1n) is 7.69. The average Bonchev–Trinajstić information content (AvgIpc) is 3.20. The lowest BCUT2D eigenvalue weighted by Gasteiger charge is -2.12. The van der Waals surface area contributed by atoms with Gasteiger partial charge in [-0.1, -0.05) is 0 Å². The minimum Gasteiger partial charge on any atom is -0.480 e. The van der Waals surface area contributed by atoms with Crippen LogP contribution in [-0.4, -0.2) is 55.5 Å². The molecule has 2 amide bonds. The van der Waals surface area contributed by atoms with Crippen LogP contribution in [0.5, 0.6) is 0 Å². The minimum atomic E-state index is -1.08. The molecule has 3 N–H and O–H groups in total. The summed E-state index contributed by atoms with van der Waals surface area (Å²) >= 11 is 0. The number of nitrogens with one attached hydrogen (secondary N) is 2. The van der Waals surface area contributed by atoms with Crippen molar-refractivity contribution < 1.29 is 19.5 Å². The number of carboxylic acids is 1. The molecule has 0 aliphatic carbocycles. The SMILES string of the molecule is Cc1ccnn1CC(=O)NCCNC(=O)c1ccnn1C(C)C(=O)O. The second-order valence-electron chi connectivity index (χ2n) is 5.41. The molecule has 0 saturated carbocycles. The summed E-state index contributed by atoms with van der Waals surface area (Å²) in [5.41, 5.74) is 1.03. The number of carbonyl (C=O) groups excluding carboxylic acids is 2. The molecule has 10 nitrogen and oxygen atoms in total. The predicted octanol–water partition coefficient (Wildman–Crippen LogP) is -0.420. The molecule has 134 valence electrons. The highest BCUT2D eigenvalue weighted by atomic mass is 16.4. The first kappa shape index (κ1) is 18.2. The molecule has 0 aliphatic rings. The van der Waals surface area contributed by atoms with Gasteiger partial charge in [-0.15, -0.1) is 0 Å². The van der Waals surface area contributed by atoms with Crippen molar-refractivity contribution in [1.82, 2.24) is 30.2 Å². The smallest absolute Gasteiger partial charge is 0.328 e. The number of aryl methyl sites for hydroxylation is 1. The molecule has 0 spiro atoms. The zero-order valence-electron chi connectivity index (χ0n) is 14.0. The lowest BCUT2D eigenvalue weighted by molar-refractivity contribution is -0.140. The summed E-state index contributed by atoms with van der Waals surface area (Å²) < 4.78 is 2.70. The number of aliphatic carboxylic acids is 1. The molecule has 10 heteroatoms. The van der Waals surface area contributed by atoms with Crippen LogP contribution in [-0.2, 0) is 16.1 Å². The quantitative estimate of drug-likeness (QED) is 0.555. The largest absolute Gasteiger partial charge is 0.480 e. The molecule has 1 atom stereocenters. The monoisotopic (exact) mass is 348 g/mol. The maximum absolute atomic E-state index is 12.1. The van der Waals surface area contributed by atoms with Gasteiger partial charge in [-0.3, -0.25) is 14.3 Å². The van der Waals surface area contributed by atoms with Gasteiger partial charge >= 0.3 is 5.97 Å². The van der Waals surface area contributed by atoms with E-state index in [4.69, 9.17) is 5.11 Å². The van der Waals surface area contributed by atoms with E-state index in [-0.39, 0.29) is 31.2 Å². The lowest BCUT2D eigenvalue weighted by atomic mass is 10.3. The predicted molar refractivity (Wildman–Crippen MR) is 86.9 cm³/mol. The number of hydrogen-bond donors (Lipinski definition) is 3. The van der Waals surface area contributed by atoms with E-state index in [0.717, 1.165) is 10.4 Å². The molecule has 1 unspecified atom stereocenters. The molecule has 2 aromatic heterocycles. The van der Waals surface area contributed by atoms with Gasteiger partial charge in [0.2, 0.25) is 5.91 Å². The number of carbonyl (C=O) groups is 3. The Morgan fingerprint density at radius 2 is 1.84 bits per heavy atom. The first-order chi connectivity index (χ1) is 11.9. The number of aromatic nitrogens is 4. The van der Waals surface area contributed by atoms with Gasteiger partial charge in [0.25, 0.3) is 5.91 Å². The van der Waals surface area contributed by atoms with E-state index in [1.165, 1.54) is 19.2 Å². The molecule has 0 fully saturated rings. The van der Waals surface area contributed by atoms with Crippen LogP contribution in [0.4, 0.5) is 0 Å². The van der Waals surface area contributed by atoms with Gasteiger partial charge in [-0.05, 0) is 26.0 Å². The van der Waals surface area contributed by atoms with Crippen molar-refractivity contribution in [3.8, 4) is 0 Å². The number of amides is 2. The second-order valence-corrected chi connectivity index (χ2v) is 5.41. The summed E-state index contributed by atoms with van der Waals surface area (Å²) in [6.45, 7) is 3.84. The third kappa shape index (κ3) is 4.66. The van der Waals surface area contributed by atoms with Gasteiger partial charge in [-0.25, -0.2) is 9.48 Å². The van der Waals surface area contributed by atoms with Gasteiger partial charge in [-0.2, -0.15) is 10.2 Å². The standard InChI is InChI=1S/C15H20N6O4/c1-10-3-5-18-20(10)9-13(22)16-7-8-17-14(23)12-4-6-19-21(12)11(2)15(24)25/h3-6,11H,7-9H2,1-2H3,(H,16,22)(H,17,23)(H,24,25). The van der Waals surface area contributed by atoms with Crippen molar-refractivity contribution >= 4 is 17.8 Å². The molecular formula is C15H20N6O4. The number of nitrogens with zero attached hydrogens (tertiary/aromatic N) is 4. The van der Waals surface area contributed by atoms with Crippen LogP contribution in [0.25, 0.3) is 0 Å². The van der Waals surface area contributed by atoms with E-state index in [1.54, 1.807) is 16.9 Å². The Morgan fingerprint density at radius 3 is 2.48 bits per heavy atom. The zero-order chi connectivity index (χ0) is 18.4. The molecule has 25 heavy (non-hydrogen) atoms. The number of carboxylic acid groups (broad SMARTS) is 1. The molecule has 2 aromatic rings. The summed E-state index contributed by atoms with van der Waals surface area (Å²) in [4.78, 5) is 34.9. The normalized spacial score (nSPS) is 11.8. The topological polar surface area (TPSA) is 131 Å². The summed E-state index contributed by atoms with van der Waals surface area (Å²) in [5.74, 6) is -1.76. The van der Waals surface area contributed by atoms with Crippen molar-refractivity contribution in [2.75, 3.05) is 13.1 Å². The summed E-state index contributed by atoms with van der Waals surface area (Å²) in [6, 6.07) is 2.29. The van der Waals surface area contributed by atoms with E-state index in [0.29, 0.717) is 0 Å². The second kappa shape index (κ2) is 8.08. The Kier molecular flexibility index (Phi) is 5.88. The number of rotatable bonds is 8. The van der Waals surface area contributed by atoms with Gasteiger partial charge in [0, 0.05) is 31.2 Å². The van der Waals surface area contributed by atoms with Crippen LogP contribution >= 0.6 is 0 Å². The molecule has 0 saturated heterocycles. The van der Waals surface area contributed by atoms with Crippen molar-refractivity contribution in [3.05, 3.63) is 35.9 Å². The summed E-state index contributed by atoms with van der Waals surface area (Å²) in [5, 5.41) is 22.2. The fourth-order valence-electron chi connectivity index (χ4n) is 2.13. The minimum absolute atomic E-state index is 0.107. The molecule has 0 bridgehead atoms. The van der Waals surface area contributed by atoms with Crippen molar-refractivity contribution in [2.24, 2.45) is 0 Å². The van der Waals surface area contributed by atoms with Gasteiger partial charge < -0.3 is 15.7 Å². The highest BCUT2D eigenvalue weighted by Gasteiger charge is 2.20. The van der Waals surface area contributed by atoms with Crippen LogP contribution in [0.1, 0.15) is 29.1 Å². The first-order valence-corrected chi connectivity index (χ1v) is 7.69.